The van der Waals surface area contributed by atoms with E-state index in [-0.39, 0.29) is 0 Å². The second-order valence-corrected chi connectivity index (χ2v) is 28.8. The molecule has 4 heterocycles. The smallest absolute Gasteiger partial charge is 0.160 e. The van der Waals surface area contributed by atoms with E-state index in [1.54, 1.807) is 0 Å². The summed E-state index contributed by atoms with van der Waals surface area (Å²) in [5, 5.41) is 11.7. The van der Waals surface area contributed by atoms with Gasteiger partial charge in [0.15, 0.2) is 11.6 Å². The third-order valence-corrected chi connectivity index (χ3v) is 21.7. The van der Waals surface area contributed by atoms with Crippen LogP contribution in [0.3, 0.4) is 0 Å². The second kappa shape index (κ2) is 30.0. The highest BCUT2D eigenvalue weighted by atomic mass is 14.9. The van der Waals surface area contributed by atoms with E-state index in [9.17, 15) is 0 Å². The minimum absolute atomic E-state index is 0.655. The van der Waals surface area contributed by atoms with Crippen LogP contribution in [0, 0.1) is 0 Å². The predicted octanol–water partition coefficient (Wildman–Crippen LogP) is 28.3. The number of benzene rings is 17. The summed E-state index contributed by atoms with van der Waals surface area (Å²) in [4.78, 5) is 31.8. The quantitative estimate of drug-likeness (QED) is 0.107. The molecule has 0 saturated carbocycles. The van der Waals surface area contributed by atoms with Crippen molar-refractivity contribution < 1.29 is 0 Å². The molecule has 0 amide bonds. The molecule has 4 aromatic heterocycles. The van der Waals surface area contributed by atoms with Crippen molar-refractivity contribution in [1.82, 2.24) is 29.9 Å². The fourth-order valence-electron chi connectivity index (χ4n) is 16.0. The molecule has 0 aliphatic carbocycles. The molecule has 532 valence electrons. The Kier molecular flexibility index (Phi) is 17.9. The monoisotopic (exact) mass is 1450 g/mol. The van der Waals surface area contributed by atoms with Crippen molar-refractivity contribution in [2.75, 3.05) is 0 Å². The molecule has 114 heavy (non-hydrogen) atoms. The lowest BCUT2D eigenvalue weighted by molar-refractivity contribution is 1.18. The summed E-state index contributed by atoms with van der Waals surface area (Å²) in [6.07, 6.45) is 0. The molecule has 6 nitrogen and oxygen atoms in total. The Morgan fingerprint density at radius 1 is 0.132 bits per heavy atom. The lowest BCUT2D eigenvalue weighted by Gasteiger charge is -2.15. The van der Waals surface area contributed by atoms with Crippen molar-refractivity contribution in [3.63, 3.8) is 0 Å². The Bertz CT molecular complexity index is 7080. The van der Waals surface area contributed by atoms with Crippen LogP contribution >= 0.6 is 0 Å². The number of aromatic nitrogens is 6. The van der Waals surface area contributed by atoms with Gasteiger partial charge in [-0.3, -0.25) is 0 Å². The van der Waals surface area contributed by atoms with E-state index in [0.717, 1.165) is 134 Å². The zero-order valence-electron chi connectivity index (χ0n) is 62.1. The molecule has 0 saturated heterocycles. The third kappa shape index (κ3) is 13.5. The Labute approximate surface area is 661 Å². The van der Waals surface area contributed by atoms with Gasteiger partial charge in [-0.05, 0) is 138 Å². The average Bonchev–Trinajstić information content (AvgIpc) is 0.737. The molecule has 17 aromatic carbocycles. The number of nitrogens with zero attached hydrogens (tertiary/aromatic N) is 6. The molecular formula is C108H70N6. The van der Waals surface area contributed by atoms with Crippen molar-refractivity contribution >= 4 is 64.9 Å². The molecule has 0 radical (unpaired) electrons. The van der Waals surface area contributed by atoms with Crippen LogP contribution in [0.15, 0.2) is 425 Å². The van der Waals surface area contributed by atoms with Gasteiger partial charge in [0.2, 0.25) is 0 Å². The Morgan fingerprint density at radius 3 is 0.789 bits per heavy atom. The summed E-state index contributed by atoms with van der Waals surface area (Å²) in [7, 11) is 0. The first-order chi connectivity index (χ1) is 56.5. The maximum atomic E-state index is 5.42. The number of hydrogen-bond donors (Lipinski definition) is 0. The van der Waals surface area contributed by atoms with Crippen LogP contribution in [0.4, 0.5) is 0 Å². The number of pyridine rings is 2. The van der Waals surface area contributed by atoms with E-state index in [0.29, 0.717) is 11.6 Å². The molecule has 0 aliphatic heterocycles. The standard InChI is InChI=1S/C57H37N3.C51H33N3/c1-4-15-38(16-5-1)42-22-12-24-45(33-42)53-37-54(46-25-13-23-43(34-46)39-17-6-2-7-18-39)60-57(59-53)48-27-14-26-47(35-48)56-50-31-29-41-21-10-11-28-49(41)55(50)51-36-44(30-32-52(51)58-56)40-19-8-3-9-20-40;1-4-13-34(14-5-1)36-23-25-39(26-24-36)48-33-47(38-18-8-3-9-19-38)53-51(54-48)42-21-12-20-41(31-42)50-44-29-27-37-17-10-11-22-43(37)49(44)45-32-40(28-30-46(45)52-50)35-15-6-2-7-16-35/h1-37H;1-33H. The maximum absolute atomic E-state index is 5.42. The van der Waals surface area contributed by atoms with Gasteiger partial charge in [-0.1, -0.05) is 364 Å². The SMILES string of the molecule is c1ccc(-c2ccc(-c3cc(-c4ccccc4)nc(-c4cccc(-c5nc6ccc(-c7ccccc7)cc6c6c5ccc5ccccc56)c4)n3)cc2)cc1.c1ccc(-c2cccc(-c3cc(-c4cccc(-c5ccccc5)c4)nc(-c4cccc(-c5nc6ccc(-c7ccccc7)cc6c6c5ccc5ccccc56)c4)n3)c2)cc1. The van der Waals surface area contributed by atoms with E-state index in [4.69, 9.17) is 29.9 Å². The van der Waals surface area contributed by atoms with Gasteiger partial charge in [-0.15, -0.1) is 0 Å². The number of hydrogen-bond acceptors (Lipinski definition) is 6. The minimum atomic E-state index is 0.655. The van der Waals surface area contributed by atoms with Gasteiger partial charge in [0.05, 0.1) is 45.2 Å². The average molecular weight is 1450 g/mol. The normalized spacial score (nSPS) is 11.3. The van der Waals surface area contributed by atoms with Crippen molar-refractivity contribution in [2.45, 2.75) is 0 Å². The number of fused-ring (bicyclic) bond motifs is 10. The van der Waals surface area contributed by atoms with Gasteiger partial charge >= 0.3 is 0 Å². The molecule has 21 rings (SSSR count). The van der Waals surface area contributed by atoms with Crippen LogP contribution in [0.1, 0.15) is 0 Å². The highest BCUT2D eigenvalue weighted by Gasteiger charge is 2.21. The molecule has 0 atom stereocenters. The van der Waals surface area contributed by atoms with Crippen LogP contribution < -0.4 is 0 Å². The highest BCUT2D eigenvalue weighted by Crippen LogP contribution is 2.43. The Morgan fingerprint density at radius 2 is 0.395 bits per heavy atom. The zero-order valence-corrected chi connectivity index (χ0v) is 62.1. The summed E-state index contributed by atoms with van der Waals surface area (Å²) in [5.41, 5.74) is 27.0. The first kappa shape index (κ1) is 68.1. The summed E-state index contributed by atoms with van der Waals surface area (Å²) >= 11 is 0. The molecule has 21 aromatic rings. The van der Waals surface area contributed by atoms with Gasteiger partial charge in [0, 0.05) is 76.8 Å². The molecule has 0 bridgehead atoms. The van der Waals surface area contributed by atoms with Crippen LogP contribution in [0.25, 0.3) is 211 Å². The number of rotatable bonds is 13. The third-order valence-electron chi connectivity index (χ3n) is 21.7. The molecule has 0 N–H and O–H groups in total. The molecule has 0 spiro atoms. The summed E-state index contributed by atoms with van der Waals surface area (Å²) in [6, 6.07) is 150. The molecule has 0 aliphatic rings. The lowest BCUT2D eigenvalue weighted by Crippen LogP contribution is -1.97. The fourth-order valence-corrected chi connectivity index (χ4v) is 16.0. The van der Waals surface area contributed by atoms with E-state index >= 15 is 0 Å². The van der Waals surface area contributed by atoms with Gasteiger partial charge in [0.25, 0.3) is 0 Å². The van der Waals surface area contributed by atoms with Crippen molar-refractivity contribution in [2.24, 2.45) is 0 Å². The van der Waals surface area contributed by atoms with E-state index in [1.165, 1.54) is 65.7 Å². The predicted molar refractivity (Wildman–Crippen MR) is 475 cm³/mol. The van der Waals surface area contributed by atoms with Gasteiger partial charge in [-0.25, -0.2) is 29.9 Å². The van der Waals surface area contributed by atoms with Crippen molar-refractivity contribution in [1.29, 1.82) is 0 Å². The zero-order chi connectivity index (χ0) is 75.7. The van der Waals surface area contributed by atoms with E-state index in [1.807, 2.05) is 24.3 Å². The Hall–Kier alpha value is -15.2. The fraction of sp³-hybridized carbons (Fsp3) is 0. The molecule has 6 heteroatoms. The van der Waals surface area contributed by atoms with Gasteiger partial charge in [-0.2, -0.15) is 0 Å². The largest absolute Gasteiger partial charge is 0.247 e. The van der Waals surface area contributed by atoms with Crippen LogP contribution in [-0.4, -0.2) is 29.9 Å². The molecule has 0 unspecified atom stereocenters. The van der Waals surface area contributed by atoms with Crippen molar-refractivity contribution in [3.05, 3.63) is 425 Å². The van der Waals surface area contributed by atoms with E-state index < -0.39 is 0 Å². The topological polar surface area (TPSA) is 77.3 Å². The van der Waals surface area contributed by atoms with Crippen LogP contribution in [-0.2, 0) is 0 Å². The minimum Gasteiger partial charge on any atom is -0.247 e. The Balaban J connectivity index is 0.000000149. The molecular weight excluding hydrogens is 1380 g/mol. The lowest BCUT2D eigenvalue weighted by atomic mass is 9.93. The summed E-state index contributed by atoms with van der Waals surface area (Å²) in [5.74, 6) is 1.33. The first-order valence-corrected chi connectivity index (χ1v) is 38.6. The van der Waals surface area contributed by atoms with E-state index in [2.05, 4.69) is 400 Å². The summed E-state index contributed by atoms with van der Waals surface area (Å²) < 4.78 is 0. The van der Waals surface area contributed by atoms with Crippen LogP contribution in [0.5, 0.6) is 0 Å². The second-order valence-electron chi connectivity index (χ2n) is 28.8. The molecule has 0 fully saturated rings. The van der Waals surface area contributed by atoms with Crippen LogP contribution in [0.2, 0.25) is 0 Å². The van der Waals surface area contributed by atoms with Crippen molar-refractivity contribution in [3.8, 4) is 146 Å². The highest BCUT2D eigenvalue weighted by molar-refractivity contribution is 6.24. The summed E-state index contributed by atoms with van der Waals surface area (Å²) in [6.45, 7) is 0. The van der Waals surface area contributed by atoms with Gasteiger partial charge in [0.1, 0.15) is 0 Å². The maximum Gasteiger partial charge on any atom is 0.160 e. The van der Waals surface area contributed by atoms with Gasteiger partial charge < -0.3 is 0 Å². The first-order valence-electron chi connectivity index (χ1n) is 38.6.